The van der Waals surface area contributed by atoms with Crippen LogP contribution in [0.5, 0.6) is 0 Å². The van der Waals surface area contributed by atoms with Gasteiger partial charge in [-0.2, -0.15) is 0 Å². The fraction of sp³-hybridized carbons (Fsp3) is 1.00. The SMILES string of the molecule is CCCC1(CCC)CNC(C)C(C)O1. The van der Waals surface area contributed by atoms with E-state index in [4.69, 9.17) is 4.74 Å². The normalized spacial score (nSPS) is 31.7. The first-order valence-corrected chi connectivity index (χ1v) is 6.04. The highest BCUT2D eigenvalue weighted by atomic mass is 16.5. The summed E-state index contributed by atoms with van der Waals surface area (Å²) in [6, 6.07) is 0.497. The van der Waals surface area contributed by atoms with Crippen molar-refractivity contribution >= 4 is 0 Å². The summed E-state index contributed by atoms with van der Waals surface area (Å²) in [7, 11) is 0. The second-order valence-corrected chi connectivity index (χ2v) is 4.68. The van der Waals surface area contributed by atoms with Crippen molar-refractivity contribution in [1.82, 2.24) is 5.32 Å². The first-order valence-electron chi connectivity index (χ1n) is 6.04. The molecule has 0 radical (unpaired) electrons. The summed E-state index contributed by atoms with van der Waals surface area (Å²) < 4.78 is 6.20. The number of ether oxygens (including phenoxy) is 1. The monoisotopic (exact) mass is 199 g/mol. The van der Waals surface area contributed by atoms with Gasteiger partial charge in [-0.25, -0.2) is 0 Å². The standard InChI is InChI=1S/C12H25NO/c1-5-7-12(8-6-2)9-13-10(3)11(4)14-12/h10-11,13H,5-9H2,1-4H3. The summed E-state index contributed by atoms with van der Waals surface area (Å²) in [5.41, 5.74) is 0.120. The van der Waals surface area contributed by atoms with E-state index < -0.39 is 0 Å². The molecule has 0 amide bonds. The van der Waals surface area contributed by atoms with Gasteiger partial charge in [-0.05, 0) is 26.7 Å². The molecule has 2 heteroatoms. The molecule has 0 saturated carbocycles. The molecule has 0 aromatic carbocycles. The summed E-state index contributed by atoms with van der Waals surface area (Å²) in [4.78, 5) is 0. The number of hydrogen-bond donors (Lipinski definition) is 1. The second kappa shape index (κ2) is 5.13. The lowest BCUT2D eigenvalue weighted by atomic mass is 9.89. The van der Waals surface area contributed by atoms with Crippen molar-refractivity contribution in [1.29, 1.82) is 0 Å². The summed E-state index contributed by atoms with van der Waals surface area (Å²) in [6.45, 7) is 9.89. The van der Waals surface area contributed by atoms with Crippen LogP contribution in [0.4, 0.5) is 0 Å². The van der Waals surface area contributed by atoms with Gasteiger partial charge in [0.2, 0.25) is 0 Å². The molecule has 1 aliphatic rings. The molecule has 0 spiro atoms. The Morgan fingerprint density at radius 3 is 2.21 bits per heavy atom. The van der Waals surface area contributed by atoms with Crippen LogP contribution < -0.4 is 5.32 Å². The molecule has 1 rings (SSSR count). The van der Waals surface area contributed by atoms with Crippen molar-refractivity contribution in [2.75, 3.05) is 6.54 Å². The van der Waals surface area contributed by atoms with Crippen molar-refractivity contribution in [2.24, 2.45) is 0 Å². The van der Waals surface area contributed by atoms with E-state index in [9.17, 15) is 0 Å². The maximum atomic E-state index is 6.20. The zero-order valence-corrected chi connectivity index (χ0v) is 10.1. The largest absolute Gasteiger partial charge is 0.369 e. The topological polar surface area (TPSA) is 21.3 Å². The molecule has 84 valence electrons. The molecule has 0 aliphatic carbocycles. The minimum absolute atomic E-state index is 0.120. The highest BCUT2D eigenvalue weighted by Gasteiger charge is 2.36. The summed E-state index contributed by atoms with van der Waals surface area (Å²) in [6.07, 6.45) is 5.14. The summed E-state index contributed by atoms with van der Waals surface area (Å²) >= 11 is 0. The van der Waals surface area contributed by atoms with Gasteiger partial charge in [-0.1, -0.05) is 26.7 Å². The first-order chi connectivity index (χ1) is 6.63. The minimum atomic E-state index is 0.120. The second-order valence-electron chi connectivity index (χ2n) is 4.68. The van der Waals surface area contributed by atoms with E-state index in [-0.39, 0.29) is 5.60 Å². The van der Waals surface area contributed by atoms with Crippen molar-refractivity contribution in [3.63, 3.8) is 0 Å². The Balaban J connectivity index is 2.59. The zero-order chi connectivity index (χ0) is 10.6. The van der Waals surface area contributed by atoms with Crippen LogP contribution in [0.25, 0.3) is 0 Å². The molecule has 1 fully saturated rings. The van der Waals surface area contributed by atoms with Crippen LogP contribution in [0.3, 0.4) is 0 Å². The van der Waals surface area contributed by atoms with E-state index in [1.807, 2.05) is 0 Å². The van der Waals surface area contributed by atoms with E-state index in [0.717, 1.165) is 6.54 Å². The highest BCUT2D eigenvalue weighted by molar-refractivity contribution is 4.90. The van der Waals surface area contributed by atoms with Gasteiger partial charge in [-0.3, -0.25) is 0 Å². The maximum Gasteiger partial charge on any atom is 0.0810 e. The molecular formula is C12H25NO. The van der Waals surface area contributed by atoms with Gasteiger partial charge in [0, 0.05) is 12.6 Å². The molecule has 0 bridgehead atoms. The van der Waals surface area contributed by atoms with Crippen molar-refractivity contribution in [3.8, 4) is 0 Å². The van der Waals surface area contributed by atoms with Crippen LogP contribution in [0.15, 0.2) is 0 Å². The van der Waals surface area contributed by atoms with Gasteiger partial charge >= 0.3 is 0 Å². The number of rotatable bonds is 4. The average molecular weight is 199 g/mol. The van der Waals surface area contributed by atoms with Crippen LogP contribution >= 0.6 is 0 Å². The lowest BCUT2D eigenvalue weighted by molar-refractivity contribution is -0.134. The Morgan fingerprint density at radius 1 is 1.21 bits per heavy atom. The molecule has 1 N–H and O–H groups in total. The van der Waals surface area contributed by atoms with Gasteiger partial charge < -0.3 is 10.1 Å². The number of morpholine rings is 1. The van der Waals surface area contributed by atoms with Gasteiger partial charge in [0.1, 0.15) is 0 Å². The van der Waals surface area contributed by atoms with E-state index in [2.05, 4.69) is 33.0 Å². The molecule has 1 heterocycles. The predicted octanol–water partition coefficient (Wildman–Crippen LogP) is 2.72. The van der Waals surface area contributed by atoms with Gasteiger partial charge in [0.25, 0.3) is 0 Å². The fourth-order valence-corrected chi connectivity index (χ4v) is 2.38. The number of nitrogens with one attached hydrogen (secondary N) is 1. The van der Waals surface area contributed by atoms with Crippen molar-refractivity contribution in [3.05, 3.63) is 0 Å². The fourth-order valence-electron chi connectivity index (χ4n) is 2.38. The molecule has 0 aromatic heterocycles. The molecule has 2 unspecified atom stereocenters. The molecule has 1 aliphatic heterocycles. The van der Waals surface area contributed by atoms with Crippen LogP contribution in [-0.4, -0.2) is 24.3 Å². The van der Waals surface area contributed by atoms with Gasteiger partial charge in [0.05, 0.1) is 11.7 Å². The molecule has 2 nitrogen and oxygen atoms in total. The Kier molecular flexibility index (Phi) is 4.39. The van der Waals surface area contributed by atoms with Gasteiger partial charge in [0.15, 0.2) is 0 Å². The third-order valence-electron chi connectivity index (χ3n) is 3.30. The van der Waals surface area contributed by atoms with Crippen molar-refractivity contribution < 1.29 is 4.74 Å². The molecule has 14 heavy (non-hydrogen) atoms. The molecule has 2 atom stereocenters. The Hall–Kier alpha value is -0.0800. The Labute approximate surface area is 88.4 Å². The van der Waals surface area contributed by atoms with Crippen LogP contribution in [0, 0.1) is 0 Å². The molecular weight excluding hydrogens is 174 g/mol. The quantitative estimate of drug-likeness (QED) is 0.751. The number of hydrogen-bond acceptors (Lipinski definition) is 2. The van der Waals surface area contributed by atoms with E-state index >= 15 is 0 Å². The molecule has 1 saturated heterocycles. The predicted molar refractivity (Wildman–Crippen MR) is 60.6 cm³/mol. The minimum Gasteiger partial charge on any atom is -0.369 e. The highest BCUT2D eigenvalue weighted by Crippen LogP contribution is 2.29. The lowest BCUT2D eigenvalue weighted by Crippen LogP contribution is -2.57. The lowest BCUT2D eigenvalue weighted by Gasteiger charge is -2.44. The Bertz CT molecular complexity index is 164. The Morgan fingerprint density at radius 2 is 1.79 bits per heavy atom. The molecule has 0 aromatic rings. The maximum absolute atomic E-state index is 6.20. The van der Waals surface area contributed by atoms with E-state index in [1.54, 1.807) is 0 Å². The van der Waals surface area contributed by atoms with E-state index in [1.165, 1.54) is 25.7 Å². The summed E-state index contributed by atoms with van der Waals surface area (Å²) in [5.74, 6) is 0. The van der Waals surface area contributed by atoms with Crippen molar-refractivity contribution in [2.45, 2.75) is 71.1 Å². The van der Waals surface area contributed by atoms with E-state index in [0.29, 0.717) is 12.1 Å². The average Bonchev–Trinajstić information content (AvgIpc) is 2.13. The van der Waals surface area contributed by atoms with Crippen LogP contribution in [0.2, 0.25) is 0 Å². The third-order valence-corrected chi connectivity index (χ3v) is 3.30. The smallest absolute Gasteiger partial charge is 0.0810 e. The zero-order valence-electron chi connectivity index (χ0n) is 10.1. The third kappa shape index (κ3) is 2.71. The summed E-state index contributed by atoms with van der Waals surface area (Å²) in [5, 5.41) is 3.57. The van der Waals surface area contributed by atoms with Gasteiger partial charge in [-0.15, -0.1) is 0 Å². The van der Waals surface area contributed by atoms with Crippen LogP contribution in [-0.2, 0) is 4.74 Å². The van der Waals surface area contributed by atoms with Crippen LogP contribution in [0.1, 0.15) is 53.4 Å². The first kappa shape index (κ1) is 12.0.